The normalized spacial score (nSPS) is 12.0. The summed E-state index contributed by atoms with van der Waals surface area (Å²) in [5.74, 6) is 0. The molecule has 1 amide bonds. The molecule has 0 aliphatic rings. The van der Waals surface area contributed by atoms with Crippen LogP contribution in [0.1, 0.15) is 27.7 Å². The lowest BCUT2D eigenvalue weighted by atomic mass is 10.1. The quantitative estimate of drug-likeness (QED) is 0.550. The Kier molecular flexibility index (Phi) is 3.71. The van der Waals surface area contributed by atoms with E-state index in [4.69, 9.17) is 0 Å². The topological polar surface area (TPSA) is 51.0 Å². The first kappa shape index (κ1) is 10.1. The summed E-state index contributed by atoms with van der Waals surface area (Å²) in [7, 11) is 0. The molecule has 0 saturated carbocycles. The van der Waals surface area contributed by atoms with Gasteiger partial charge in [0.25, 0.3) is 0 Å². The van der Waals surface area contributed by atoms with E-state index in [-0.39, 0.29) is 5.54 Å². The minimum atomic E-state index is -0.623. The molecule has 0 saturated heterocycles. The van der Waals surface area contributed by atoms with E-state index in [9.17, 15) is 4.79 Å². The van der Waals surface area contributed by atoms with E-state index in [1.165, 1.54) is 0 Å². The van der Waals surface area contributed by atoms with E-state index in [1.54, 1.807) is 6.92 Å². The fourth-order valence-electron chi connectivity index (χ4n) is 0.343. The minimum Gasteiger partial charge on any atom is -0.447 e. The molecule has 4 heteroatoms. The lowest BCUT2D eigenvalue weighted by Gasteiger charge is -2.07. The molecule has 0 N–H and O–H groups in total. The van der Waals surface area contributed by atoms with Gasteiger partial charge in [-0.25, -0.2) is 4.79 Å². The average molecular weight is 158 g/mol. The Morgan fingerprint density at radius 2 is 2.00 bits per heavy atom. The summed E-state index contributed by atoms with van der Waals surface area (Å²) in [4.78, 5) is 10.6. The maximum absolute atomic E-state index is 10.6. The Bertz CT molecular complexity index is 158. The molecule has 0 aliphatic heterocycles. The van der Waals surface area contributed by atoms with Gasteiger partial charge in [0.1, 0.15) is 0 Å². The Morgan fingerprint density at radius 3 is 2.36 bits per heavy atom. The van der Waals surface area contributed by atoms with E-state index in [0.717, 1.165) is 0 Å². The molecule has 0 aliphatic carbocycles. The zero-order valence-electron chi connectivity index (χ0n) is 7.42. The van der Waals surface area contributed by atoms with Gasteiger partial charge in [0.2, 0.25) is 0 Å². The summed E-state index contributed by atoms with van der Waals surface area (Å²) in [5, 5.41) is 7.07. The van der Waals surface area contributed by atoms with Crippen molar-refractivity contribution in [3.8, 4) is 0 Å². The predicted octanol–water partition coefficient (Wildman–Crippen LogP) is 2.39. The van der Waals surface area contributed by atoms with Crippen molar-refractivity contribution in [1.82, 2.24) is 0 Å². The number of nitrogens with zero attached hydrogens (tertiary/aromatic N) is 2. The smallest absolute Gasteiger partial charge is 0.447 e. The van der Waals surface area contributed by atoms with Crippen molar-refractivity contribution in [2.24, 2.45) is 10.2 Å². The summed E-state index contributed by atoms with van der Waals surface area (Å²) in [6.45, 7) is 7.63. The van der Waals surface area contributed by atoms with Crippen LogP contribution in [-0.2, 0) is 4.74 Å². The predicted molar refractivity (Wildman–Crippen MR) is 41.6 cm³/mol. The number of carbonyl (C=O) groups is 1. The standard InChI is InChI=1S/C7H14N2O2/c1-5-11-6(10)8-9-7(2,3)4/h5H2,1-4H3/b9-8+. The van der Waals surface area contributed by atoms with Crippen molar-refractivity contribution in [3.63, 3.8) is 0 Å². The number of hydrogen-bond acceptors (Lipinski definition) is 3. The highest BCUT2D eigenvalue weighted by Crippen LogP contribution is 2.06. The number of hydrogen-bond donors (Lipinski definition) is 0. The number of ether oxygens (including phenoxy) is 1. The van der Waals surface area contributed by atoms with Gasteiger partial charge < -0.3 is 4.74 Å². The second-order valence-electron chi connectivity index (χ2n) is 3.07. The highest BCUT2D eigenvalue weighted by molar-refractivity contribution is 5.67. The SMILES string of the molecule is CCOC(=O)/N=N/C(C)(C)C. The lowest BCUT2D eigenvalue weighted by Crippen LogP contribution is -2.09. The molecule has 0 aromatic rings. The second kappa shape index (κ2) is 4.05. The van der Waals surface area contributed by atoms with Crippen molar-refractivity contribution < 1.29 is 9.53 Å². The molecule has 0 fully saturated rings. The molecule has 0 rings (SSSR count). The third-order valence-electron chi connectivity index (χ3n) is 0.699. The van der Waals surface area contributed by atoms with Gasteiger partial charge in [-0.3, -0.25) is 0 Å². The molecule has 4 nitrogen and oxygen atoms in total. The van der Waals surface area contributed by atoms with Gasteiger partial charge in [-0.2, -0.15) is 5.11 Å². The fraction of sp³-hybridized carbons (Fsp3) is 0.857. The van der Waals surface area contributed by atoms with Crippen molar-refractivity contribution in [2.45, 2.75) is 33.2 Å². The number of amides is 1. The van der Waals surface area contributed by atoms with Crippen LogP contribution in [0, 0.1) is 0 Å². The van der Waals surface area contributed by atoms with Crippen LogP contribution in [0.5, 0.6) is 0 Å². The monoisotopic (exact) mass is 158 g/mol. The fourth-order valence-corrected chi connectivity index (χ4v) is 0.343. The van der Waals surface area contributed by atoms with Crippen molar-refractivity contribution in [2.75, 3.05) is 6.61 Å². The van der Waals surface area contributed by atoms with Crippen LogP contribution in [0.4, 0.5) is 4.79 Å². The first-order chi connectivity index (χ1) is 4.95. The number of azo groups is 1. The molecule has 0 aromatic heterocycles. The van der Waals surface area contributed by atoms with E-state index in [1.807, 2.05) is 20.8 Å². The molecular weight excluding hydrogens is 144 g/mol. The van der Waals surface area contributed by atoms with Gasteiger partial charge in [-0.15, -0.1) is 0 Å². The first-order valence-electron chi connectivity index (χ1n) is 3.55. The third-order valence-corrected chi connectivity index (χ3v) is 0.699. The van der Waals surface area contributed by atoms with Crippen LogP contribution in [-0.4, -0.2) is 18.2 Å². The molecule has 0 radical (unpaired) electrons. The molecule has 0 aromatic carbocycles. The zero-order chi connectivity index (χ0) is 8.91. The van der Waals surface area contributed by atoms with Crippen LogP contribution in [0.3, 0.4) is 0 Å². The summed E-state index contributed by atoms with van der Waals surface area (Å²) in [5.41, 5.74) is -0.313. The molecule has 0 bridgehead atoms. The van der Waals surface area contributed by atoms with Crippen LogP contribution in [0.25, 0.3) is 0 Å². The van der Waals surface area contributed by atoms with Gasteiger partial charge in [-0.1, -0.05) is 5.11 Å². The van der Waals surface area contributed by atoms with E-state index in [2.05, 4.69) is 15.0 Å². The number of rotatable bonds is 1. The van der Waals surface area contributed by atoms with Gasteiger partial charge in [0, 0.05) is 0 Å². The molecule has 0 unspecified atom stereocenters. The molecule has 0 spiro atoms. The minimum absolute atomic E-state index is 0.313. The Hall–Kier alpha value is -0.930. The van der Waals surface area contributed by atoms with E-state index >= 15 is 0 Å². The maximum Gasteiger partial charge on any atom is 0.452 e. The lowest BCUT2D eigenvalue weighted by molar-refractivity contribution is 0.160. The van der Waals surface area contributed by atoms with Crippen molar-refractivity contribution in [3.05, 3.63) is 0 Å². The first-order valence-corrected chi connectivity index (χ1v) is 3.55. The summed E-state index contributed by atoms with van der Waals surface area (Å²) in [6.07, 6.45) is -0.623. The van der Waals surface area contributed by atoms with Gasteiger partial charge in [0.05, 0.1) is 12.1 Å². The van der Waals surface area contributed by atoms with Gasteiger partial charge in [-0.05, 0) is 27.7 Å². The third kappa shape index (κ3) is 6.96. The van der Waals surface area contributed by atoms with Crippen LogP contribution >= 0.6 is 0 Å². The van der Waals surface area contributed by atoms with Gasteiger partial charge in [0.15, 0.2) is 0 Å². The Labute approximate surface area is 66.7 Å². The second-order valence-corrected chi connectivity index (χ2v) is 3.07. The number of carbonyl (C=O) groups excluding carboxylic acids is 1. The van der Waals surface area contributed by atoms with Crippen LogP contribution in [0.15, 0.2) is 10.2 Å². The van der Waals surface area contributed by atoms with Crippen LogP contribution in [0.2, 0.25) is 0 Å². The molecule has 11 heavy (non-hydrogen) atoms. The summed E-state index contributed by atoms with van der Waals surface area (Å²) in [6, 6.07) is 0. The largest absolute Gasteiger partial charge is 0.452 e. The van der Waals surface area contributed by atoms with E-state index < -0.39 is 6.09 Å². The molecule has 0 atom stereocenters. The highest BCUT2D eigenvalue weighted by Gasteiger charge is 2.08. The molecular formula is C7H14N2O2. The van der Waals surface area contributed by atoms with Gasteiger partial charge >= 0.3 is 6.09 Å². The summed E-state index contributed by atoms with van der Waals surface area (Å²) >= 11 is 0. The van der Waals surface area contributed by atoms with E-state index in [0.29, 0.717) is 6.61 Å². The zero-order valence-corrected chi connectivity index (χ0v) is 7.42. The van der Waals surface area contributed by atoms with Crippen molar-refractivity contribution in [1.29, 1.82) is 0 Å². The Morgan fingerprint density at radius 1 is 1.45 bits per heavy atom. The maximum atomic E-state index is 10.6. The van der Waals surface area contributed by atoms with Crippen LogP contribution < -0.4 is 0 Å². The molecule has 64 valence electrons. The van der Waals surface area contributed by atoms with Crippen molar-refractivity contribution >= 4 is 6.09 Å². The Balaban J connectivity index is 3.83. The molecule has 0 heterocycles. The summed E-state index contributed by atoms with van der Waals surface area (Å²) < 4.78 is 4.54. The average Bonchev–Trinajstić information content (AvgIpc) is 1.83. The highest BCUT2D eigenvalue weighted by atomic mass is 16.5.